The predicted molar refractivity (Wildman–Crippen MR) is 94.4 cm³/mol. The van der Waals surface area contributed by atoms with Crippen LogP contribution in [-0.4, -0.2) is 47.3 Å². The fourth-order valence-corrected chi connectivity index (χ4v) is 3.53. The van der Waals surface area contributed by atoms with E-state index >= 15 is 0 Å². The Kier molecular flexibility index (Phi) is 4.69. The molecule has 150 valence electrons. The summed E-state index contributed by atoms with van der Waals surface area (Å²) in [5.41, 5.74) is -0.163. The number of hydrogen-bond acceptors (Lipinski definition) is 6. The van der Waals surface area contributed by atoms with E-state index in [1.165, 1.54) is 23.5 Å². The first kappa shape index (κ1) is 19.2. The summed E-state index contributed by atoms with van der Waals surface area (Å²) in [4.78, 5) is 26.1. The number of rotatable bonds is 2. The highest BCUT2D eigenvalue weighted by Gasteiger charge is 2.38. The SMILES string of the molecule is C[C@@H]1c2nnn(-c3cnccn3)c2CCN1C(=O)c1cncc(C(F)(F)F)c1Cl. The van der Waals surface area contributed by atoms with Crippen molar-refractivity contribution in [3.05, 3.63) is 58.5 Å². The number of fused-ring (bicyclic) bond motifs is 1. The van der Waals surface area contributed by atoms with Gasteiger partial charge in [0.2, 0.25) is 0 Å². The number of carbonyl (C=O) groups is 1. The summed E-state index contributed by atoms with van der Waals surface area (Å²) in [6, 6.07) is -0.526. The molecule has 4 heterocycles. The summed E-state index contributed by atoms with van der Waals surface area (Å²) in [5, 5.41) is 7.56. The van der Waals surface area contributed by atoms with Crippen molar-refractivity contribution >= 4 is 17.5 Å². The molecule has 0 N–H and O–H groups in total. The van der Waals surface area contributed by atoms with Gasteiger partial charge in [-0.15, -0.1) is 5.10 Å². The maximum atomic E-state index is 13.1. The molecular formula is C17H13ClF3N7O. The fourth-order valence-electron chi connectivity index (χ4n) is 3.25. The molecule has 0 spiro atoms. The van der Waals surface area contributed by atoms with Crippen molar-refractivity contribution < 1.29 is 18.0 Å². The van der Waals surface area contributed by atoms with Crippen molar-refractivity contribution in [1.29, 1.82) is 0 Å². The van der Waals surface area contributed by atoms with Crippen molar-refractivity contribution in [2.75, 3.05) is 6.54 Å². The van der Waals surface area contributed by atoms with Gasteiger partial charge in [-0.3, -0.25) is 14.8 Å². The highest BCUT2D eigenvalue weighted by atomic mass is 35.5. The lowest BCUT2D eigenvalue weighted by Gasteiger charge is -2.32. The number of hydrogen-bond donors (Lipinski definition) is 0. The lowest BCUT2D eigenvalue weighted by Crippen LogP contribution is -2.39. The number of alkyl halides is 3. The lowest BCUT2D eigenvalue weighted by molar-refractivity contribution is -0.137. The zero-order valence-electron chi connectivity index (χ0n) is 14.9. The Labute approximate surface area is 167 Å². The van der Waals surface area contributed by atoms with E-state index in [1.807, 2.05) is 0 Å². The van der Waals surface area contributed by atoms with Crippen LogP contribution in [0.15, 0.2) is 31.0 Å². The van der Waals surface area contributed by atoms with Crippen LogP contribution in [-0.2, 0) is 12.6 Å². The van der Waals surface area contributed by atoms with Crippen LogP contribution < -0.4 is 0 Å². The molecular weight excluding hydrogens is 411 g/mol. The Hall–Kier alpha value is -3.08. The number of nitrogens with zero attached hydrogens (tertiary/aromatic N) is 7. The van der Waals surface area contributed by atoms with Crippen molar-refractivity contribution in [3.8, 4) is 5.82 Å². The fraction of sp³-hybridized carbons (Fsp3) is 0.294. The molecule has 0 saturated carbocycles. The third kappa shape index (κ3) is 3.31. The third-order valence-corrected chi connectivity index (χ3v) is 5.10. The summed E-state index contributed by atoms with van der Waals surface area (Å²) < 4.78 is 40.8. The minimum Gasteiger partial charge on any atom is -0.330 e. The molecule has 0 fully saturated rings. The van der Waals surface area contributed by atoms with Gasteiger partial charge in [-0.1, -0.05) is 16.8 Å². The molecule has 3 aromatic heterocycles. The van der Waals surface area contributed by atoms with E-state index in [9.17, 15) is 18.0 Å². The van der Waals surface area contributed by atoms with Crippen molar-refractivity contribution in [3.63, 3.8) is 0 Å². The maximum absolute atomic E-state index is 13.1. The van der Waals surface area contributed by atoms with E-state index in [4.69, 9.17) is 11.6 Å². The summed E-state index contributed by atoms with van der Waals surface area (Å²) in [6.07, 6.45) is 1.91. The number of pyridine rings is 1. The number of carbonyl (C=O) groups excluding carboxylic acids is 1. The average molecular weight is 424 g/mol. The first-order chi connectivity index (χ1) is 13.8. The molecule has 1 atom stereocenters. The third-order valence-electron chi connectivity index (χ3n) is 4.69. The Morgan fingerprint density at radius 3 is 2.69 bits per heavy atom. The van der Waals surface area contributed by atoms with Gasteiger partial charge in [-0.05, 0) is 6.92 Å². The smallest absolute Gasteiger partial charge is 0.330 e. The summed E-state index contributed by atoms with van der Waals surface area (Å²) in [6.45, 7) is 1.97. The van der Waals surface area contributed by atoms with Gasteiger partial charge in [0.25, 0.3) is 5.91 Å². The largest absolute Gasteiger partial charge is 0.419 e. The molecule has 0 radical (unpaired) electrons. The van der Waals surface area contributed by atoms with Crippen LogP contribution in [0.5, 0.6) is 0 Å². The van der Waals surface area contributed by atoms with Crippen LogP contribution in [0.3, 0.4) is 0 Å². The number of halogens is 4. The summed E-state index contributed by atoms with van der Waals surface area (Å²) >= 11 is 5.88. The molecule has 0 bridgehead atoms. The molecule has 1 aliphatic heterocycles. The zero-order chi connectivity index (χ0) is 20.8. The first-order valence-corrected chi connectivity index (χ1v) is 8.89. The monoisotopic (exact) mass is 423 g/mol. The Bertz CT molecular complexity index is 1070. The van der Waals surface area contributed by atoms with Gasteiger partial charge in [0.05, 0.1) is 34.1 Å². The normalized spacial score (nSPS) is 16.6. The van der Waals surface area contributed by atoms with Crippen LogP contribution in [0.25, 0.3) is 5.82 Å². The molecule has 12 heteroatoms. The zero-order valence-corrected chi connectivity index (χ0v) is 15.7. The topological polar surface area (TPSA) is 89.7 Å². The molecule has 0 saturated heterocycles. The highest BCUT2D eigenvalue weighted by Crippen LogP contribution is 2.37. The molecule has 1 amide bonds. The van der Waals surface area contributed by atoms with E-state index in [0.717, 1.165) is 11.9 Å². The van der Waals surface area contributed by atoms with Crippen LogP contribution in [0.4, 0.5) is 13.2 Å². The van der Waals surface area contributed by atoms with Crippen molar-refractivity contribution in [2.45, 2.75) is 25.6 Å². The minimum absolute atomic E-state index is 0.243. The highest BCUT2D eigenvalue weighted by molar-refractivity contribution is 6.34. The van der Waals surface area contributed by atoms with Gasteiger partial charge in [0, 0.05) is 37.8 Å². The Morgan fingerprint density at radius 1 is 1.21 bits per heavy atom. The van der Waals surface area contributed by atoms with E-state index in [-0.39, 0.29) is 12.1 Å². The van der Waals surface area contributed by atoms with Gasteiger partial charge < -0.3 is 4.90 Å². The van der Waals surface area contributed by atoms with E-state index < -0.39 is 28.7 Å². The van der Waals surface area contributed by atoms with Crippen molar-refractivity contribution in [2.24, 2.45) is 0 Å². The maximum Gasteiger partial charge on any atom is 0.419 e. The molecule has 0 aliphatic carbocycles. The molecule has 0 unspecified atom stereocenters. The van der Waals surface area contributed by atoms with Crippen LogP contribution in [0.2, 0.25) is 5.02 Å². The van der Waals surface area contributed by atoms with Gasteiger partial charge in [0.1, 0.15) is 5.69 Å². The van der Waals surface area contributed by atoms with Gasteiger partial charge in [-0.2, -0.15) is 17.9 Å². The Morgan fingerprint density at radius 2 is 2.00 bits per heavy atom. The van der Waals surface area contributed by atoms with Crippen molar-refractivity contribution in [1.82, 2.24) is 34.8 Å². The summed E-state index contributed by atoms with van der Waals surface area (Å²) in [5.74, 6) is -0.167. The van der Waals surface area contributed by atoms with Crippen LogP contribution in [0, 0.1) is 0 Å². The second kappa shape index (κ2) is 7.07. The predicted octanol–water partition coefficient (Wildman–Crippen LogP) is 2.88. The second-order valence-electron chi connectivity index (χ2n) is 6.37. The quantitative estimate of drug-likeness (QED) is 0.629. The number of amides is 1. The second-order valence-corrected chi connectivity index (χ2v) is 6.75. The molecule has 0 aromatic carbocycles. The van der Waals surface area contributed by atoms with Gasteiger partial charge in [-0.25, -0.2) is 4.98 Å². The van der Waals surface area contributed by atoms with Crippen LogP contribution in [0.1, 0.15) is 40.3 Å². The van der Waals surface area contributed by atoms with Crippen LogP contribution >= 0.6 is 11.6 Å². The number of aromatic nitrogens is 6. The lowest BCUT2D eigenvalue weighted by atomic mass is 10.0. The molecule has 1 aliphatic rings. The first-order valence-electron chi connectivity index (χ1n) is 8.51. The molecule has 8 nitrogen and oxygen atoms in total. The Balaban J connectivity index is 1.66. The standard InChI is InChI=1S/C17H13ClF3N7O/c1-9-15-12(28(26-25-15)13-8-22-3-4-24-13)2-5-27(9)16(29)10-6-23-7-11(14(10)18)17(19,20)21/h3-4,6-9H,2,5H2,1H3/t9-/m1/s1. The minimum atomic E-state index is -4.71. The molecule has 29 heavy (non-hydrogen) atoms. The average Bonchev–Trinajstić information content (AvgIpc) is 3.13. The summed E-state index contributed by atoms with van der Waals surface area (Å²) in [7, 11) is 0. The van der Waals surface area contributed by atoms with Gasteiger partial charge >= 0.3 is 6.18 Å². The molecule has 3 aromatic rings. The molecule has 4 rings (SSSR count). The van der Waals surface area contributed by atoms with Gasteiger partial charge in [0.15, 0.2) is 5.82 Å². The van der Waals surface area contributed by atoms with E-state index in [2.05, 4.69) is 25.3 Å². The van der Waals surface area contributed by atoms with E-state index in [0.29, 0.717) is 24.1 Å². The van der Waals surface area contributed by atoms with E-state index in [1.54, 1.807) is 11.6 Å².